The summed E-state index contributed by atoms with van der Waals surface area (Å²) < 4.78 is 1.64. The van der Waals surface area contributed by atoms with Gasteiger partial charge in [0, 0.05) is 23.5 Å². The third-order valence-corrected chi connectivity index (χ3v) is 6.17. The van der Waals surface area contributed by atoms with Gasteiger partial charge in [-0.1, -0.05) is 41.9 Å². The van der Waals surface area contributed by atoms with E-state index < -0.39 is 0 Å². The highest BCUT2D eigenvalue weighted by Gasteiger charge is 2.33. The molecule has 1 atom stereocenters. The average Bonchev–Trinajstić information content (AvgIpc) is 3.65. The molecule has 0 unspecified atom stereocenters. The summed E-state index contributed by atoms with van der Waals surface area (Å²) in [6.07, 6.45) is 3.22. The summed E-state index contributed by atoms with van der Waals surface area (Å²) in [5.41, 5.74) is 7.43. The van der Waals surface area contributed by atoms with E-state index in [1.165, 1.54) is 6.20 Å². The maximum atomic E-state index is 13.6. The second-order valence-corrected chi connectivity index (χ2v) is 8.65. The molecule has 166 valence electrons. The van der Waals surface area contributed by atoms with Gasteiger partial charge >= 0.3 is 0 Å². The Morgan fingerprint density at radius 2 is 1.94 bits per heavy atom. The Balaban J connectivity index is 1.65. The van der Waals surface area contributed by atoms with E-state index in [9.17, 15) is 9.59 Å². The van der Waals surface area contributed by atoms with Crippen molar-refractivity contribution < 1.29 is 4.79 Å². The van der Waals surface area contributed by atoms with Crippen LogP contribution in [0.15, 0.2) is 65.6 Å². The lowest BCUT2D eigenvalue weighted by molar-refractivity contribution is 0.0968. The molecule has 1 aliphatic carbocycles. The van der Waals surface area contributed by atoms with Crippen LogP contribution in [0.5, 0.6) is 0 Å². The molecule has 2 aromatic heterocycles. The van der Waals surface area contributed by atoms with Crippen LogP contribution >= 0.6 is 11.6 Å². The Hall–Kier alpha value is -3.71. The number of para-hydroxylation sites is 1. The molecule has 0 spiro atoms. The van der Waals surface area contributed by atoms with E-state index in [-0.39, 0.29) is 29.3 Å². The minimum Gasteiger partial charge on any atom is -0.368 e. The zero-order chi connectivity index (χ0) is 23.1. The van der Waals surface area contributed by atoms with Crippen LogP contribution in [0, 0.1) is 5.92 Å². The second-order valence-electron chi connectivity index (χ2n) is 8.24. The lowest BCUT2D eigenvalue weighted by atomic mass is 10.1. The number of ketones is 1. The Morgan fingerprint density at radius 3 is 2.67 bits per heavy atom. The van der Waals surface area contributed by atoms with Crippen molar-refractivity contribution in [3.8, 4) is 5.69 Å². The van der Waals surface area contributed by atoms with Crippen LogP contribution in [0.25, 0.3) is 16.5 Å². The quantitative estimate of drug-likeness (QED) is 0.402. The Morgan fingerprint density at radius 1 is 1.18 bits per heavy atom. The molecule has 0 amide bonds. The van der Waals surface area contributed by atoms with Crippen molar-refractivity contribution >= 4 is 39.9 Å². The summed E-state index contributed by atoms with van der Waals surface area (Å²) >= 11 is 6.39. The van der Waals surface area contributed by atoms with Gasteiger partial charge in [0.25, 0.3) is 5.56 Å². The van der Waals surface area contributed by atoms with Gasteiger partial charge in [-0.05, 0) is 49.4 Å². The summed E-state index contributed by atoms with van der Waals surface area (Å²) in [6, 6.07) is 16.3. The van der Waals surface area contributed by atoms with Crippen molar-refractivity contribution in [2.24, 2.45) is 5.92 Å². The predicted octanol–water partition coefficient (Wildman–Crippen LogP) is 4.78. The Labute approximate surface area is 195 Å². The first kappa shape index (κ1) is 21.2. The number of carbonyl (C=O) groups is 1. The number of aromatic nitrogens is 3. The zero-order valence-electron chi connectivity index (χ0n) is 18.0. The number of carbonyl (C=O) groups excluding carboxylic acids is 1. The SMILES string of the molecule is C[C@H](Nc1nc(N)ncc1C(=O)C1CC1)c1cc2cccc(Cl)c2c(=O)n1-c1ccccc1. The van der Waals surface area contributed by atoms with Crippen molar-refractivity contribution in [2.45, 2.75) is 25.8 Å². The van der Waals surface area contributed by atoms with Gasteiger partial charge in [-0.25, -0.2) is 4.98 Å². The molecular weight excluding hydrogens is 438 g/mol. The molecular formula is C25H22ClN5O2. The topological polar surface area (TPSA) is 103 Å². The minimum atomic E-state index is -0.388. The number of nitrogens with two attached hydrogens (primary N) is 1. The van der Waals surface area contributed by atoms with Crippen molar-refractivity contribution in [1.82, 2.24) is 14.5 Å². The third-order valence-electron chi connectivity index (χ3n) is 5.86. The van der Waals surface area contributed by atoms with E-state index in [0.717, 1.165) is 18.2 Å². The summed E-state index contributed by atoms with van der Waals surface area (Å²) in [6.45, 7) is 1.91. The smallest absolute Gasteiger partial charge is 0.264 e. The molecule has 4 aromatic rings. The van der Waals surface area contributed by atoms with Gasteiger partial charge in [-0.2, -0.15) is 4.98 Å². The van der Waals surface area contributed by atoms with Crippen LogP contribution in [-0.4, -0.2) is 20.3 Å². The number of nitrogens with one attached hydrogen (secondary N) is 1. The molecule has 1 fully saturated rings. The fourth-order valence-electron chi connectivity index (χ4n) is 4.03. The van der Waals surface area contributed by atoms with Gasteiger partial charge in [0.2, 0.25) is 5.95 Å². The van der Waals surface area contributed by atoms with Gasteiger partial charge in [0.15, 0.2) is 5.78 Å². The number of pyridine rings is 1. The van der Waals surface area contributed by atoms with Crippen LogP contribution in [0.3, 0.4) is 0 Å². The zero-order valence-corrected chi connectivity index (χ0v) is 18.7. The first-order chi connectivity index (χ1) is 15.9. The van der Waals surface area contributed by atoms with Crippen molar-refractivity contribution in [3.05, 3.63) is 87.4 Å². The number of halogens is 1. The molecule has 2 heterocycles. The molecule has 0 bridgehead atoms. The number of nitrogens with zero attached hydrogens (tertiary/aromatic N) is 3. The van der Waals surface area contributed by atoms with Gasteiger partial charge in [0.05, 0.1) is 22.0 Å². The average molecular weight is 460 g/mol. The lowest BCUT2D eigenvalue weighted by Crippen LogP contribution is -2.26. The normalized spacial score (nSPS) is 14.2. The molecule has 5 rings (SSSR count). The van der Waals surface area contributed by atoms with Gasteiger partial charge in [-0.15, -0.1) is 0 Å². The third kappa shape index (κ3) is 3.96. The molecule has 0 saturated heterocycles. The summed E-state index contributed by atoms with van der Waals surface area (Å²) in [5.74, 6) is 0.460. The van der Waals surface area contributed by atoms with E-state index in [2.05, 4.69) is 15.3 Å². The lowest BCUT2D eigenvalue weighted by Gasteiger charge is -2.22. The van der Waals surface area contributed by atoms with E-state index in [4.69, 9.17) is 17.3 Å². The Bertz CT molecular complexity index is 1430. The molecule has 0 radical (unpaired) electrons. The number of Topliss-reactive ketones (excluding diaryl/α,β-unsaturated/α-hetero) is 1. The van der Waals surface area contributed by atoms with Crippen molar-refractivity contribution in [2.75, 3.05) is 11.1 Å². The molecule has 33 heavy (non-hydrogen) atoms. The monoisotopic (exact) mass is 459 g/mol. The standard InChI is InChI=1S/C25H22ClN5O2/c1-14(29-23-18(13-28-25(27)30-23)22(32)15-10-11-15)20-12-16-6-5-9-19(26)21(16)24(33)31(20)17-7-3-2-4-8-17/h2-9,12-15H,10-11H2,1H3,(H3,27,28,29,30)/t14-/m0/s1. The van der Waals surface area contributed by atoms with Gasteiger partial charge in [0.1, 0.15) is 5.82 Å². The van der Waals surface area contributed by atoms with Crippen molar-refractivity contribution in [3.63, 3.8) is 0 Å². The summed E-state index contributed by atoms with van der Waals surface area (Å²) in [4.78, 5) is 34.7. The fourth-order valence-corrected chi connectivity index (χ4v) is 4.29. The number of rotatable bonds is 6. The van der Waals surface area contributed by atoms with Crippen LogP contribution in [0.2, 0.25) is 5.02 Å². The van der Waals surface area contributed by atoms with Gasteiger partial charge in [-0.3, -0.25) is 14.2 Å². The van der Waals surface area contributed by atoms with Gasteiger partial charge < -0.3 is 11.1 Å². The number of hydrogen-bond acceptors (Lipinski definition) is 6. The Kier molecular flexibility index (Phi) is 5.34. The number of nitrogen functional groups attached to an aromatic ring is 1. The molecule has 1 aliphatic rings. The highest BCUT2D eigenvalue weighted by molar-refractivity contribution is 6.35. The van der Waals surface area contributed by atoms with Crippen LogP contribution in [0.1, 0.15) is 41.9 Å². The maximum absolute atomic E-state index is 13.6. The number of anilines is 2. The minimum absolute atomic E-state index is 0.00967. The van der Waals surface area contributed by atoms with Crippen molar-refractivity contribution in [1.29, 1.82) is 0 Å². The first-order valence-corrected chi connectivity index (χ1v) is 11.1. The predicted molar refractivity (Wildman–Crippen MR) is 130 cm³/mol. The van der Waals surface area contributed by atoms with E-state index in [1.807, 2.05) is 55.5 Å². The van der Waals surface area contributed by atoms with Crippen LogP contribution in [0.4, 0.5) is 11.8 Å². The maximum Gasteiger partial charge on any atom is 0.264 e. The summed E-state index contributed by atoms with van der Waals surface area (Å²) in [5, 5.41) is 4.89. The number of fused-ring (bicyclic) bond motifs is 1. The molecule has 3 N–H and O–H groups in total. The van der Waals surface area contributed by atoms with E-state index >= 15 is 0 Å². The summed E-state index contributed by atoms with van der Waals surface area (Å²) in [7, 11) is 0. The molecule has 2 aromatic carbocycles. The fraction of sp³-hybridized carbons (Fsp3) is 0.200. The van der Waals surface area contributed by atoms with E-state index in [0.29, 0.717) is 33.2 Å². The first-order valence-electron chi connectivity index (χ1n) is 10.8. The molecule has 7 nitrogen and oxygen atoms in total. The largest absolute Gasteiger partial charge is 0.368 e. The molecule has 8 heteroatoms. The highest BCUT2D eigenvalue weighted by Crippen LogP contribution is 2.35. The van der Waals surface area contributed by atoms with E-state index in [1.54, 1.807) is 10.6 Å². The second kappa shape index (κ2) is 8.33. The van der Waals surface area contributed by atoms with Crippen LogP contribution in [-0.2, 0) is 0 Å². The number of hydrogen-bond donors (Lipinski definition) is 2. The molecule has 1 saturated carbocycles. The molecule has 0 aliphatic heterocycles. The number of benzene rings is 2. The highest BCUT2D eigenvalue weighted by atomic mass is 35.5. The van der Waals surface area contributed by atoms with Crippen LogP contribution < -0.4 is 16.6 Å².